The van der Waals surface area contributed by atoms with E-state index >= 15 is 0 Å². The average molecular weight is 532 g/mol. The van der Waals surface area contributed by atoms with Crippen LogP contribution in [0.5, 0.6) is 5.75 Å². The van der Waals surface area contributed by atoms with Crippen molar-refractivity contribution in [1.29, 1.82) is 0 Å². The zero-order valence-corrected chi connectivity index (χ0v) is 24.1. The summed E-state index contributed by atoms with van der Waals surface area (Å²) < 4.78 is 17.5. The van der Waals surface area contributed by atoms with Crippen LogP contribution in [0.2, 0.25) is 18.1 Å². The SMILES string of the molecule is COC(=O)c1ccc(C=C(COc2cccc3ccccc23)C(=O)N2CC(O[Si](C)(C)C(C)(C)C)C2)cc1. The molecular formula is C31H37NO5Si. The van der Waals surface area contributed by atoms with Crippen molar-refractivity contribution in [2.24, 2.45) is 0 Å². The number of nitrogens with zero attached hydrogens (tertiary/aromatic N) is 1. The number of rotatable bonds is 8. The van der Waals surface area contributed by atoms with Crippen molar-refractivity contribution >= 4 is 37.0 Å². The number of fused-ring (bicyclic) bond motifs is 1. The summed E-state index contributed by atoms with van der Waals surface area (Å²) in [6, 6.07) is 20.9. The molecule has 200 valence electrons. The first kappa shape index (κ1) is 27.6. The molecule has 38 heavy (non-hydrogen) atoms. The molecule has 0 bridgehead atoms. The second kappa shape index (κ2) is 11.1. The van der Waals surface area contributed by atoms with E-state index in [4.69, 9.17) is 13.9 Å². The Kier molecular flexibility index (Phi) is 8.09. The molecule has 1 aliphatic rings. The number of amides is 1. The summed E-state index contributed by atoms with van der Waals surface area (Å²) in [6.45, 7) is 12.4. The molecule has 7 heteroatoms. The van der Waals surface area contributed by atoms with Gasteiger partial charge >= 0.3 is 5.97 Å². The Balaban J connectivity index is 1.53. The zero-order chi connectivity index (χ0) is 27.5. The molecule has 4 rings (SSSR count). The second-order valence-corrected chi connectivity index (χ2v) is 16.0. The molecule has 0 saturated carbocycles. The lowest BCUT2D eigenvalue weighted by molar-refractivity contribution is -0.136. The van der Waals surface area contributed by atoms with Gasteiger partial charge in [0, 0.05) is 18.5 Å². The Morgan fingerprint density at radius 1 is 0.974 bits per heavy atom. The smallest absolute Gasteiger partial charge is 0.337 e. The molecule has 6 nitrogen and oxygen atoms in total. The van der Waals surface area contributed by atoms with Crippen LogP contribution in [-0.2, 0) is 14.0 Å². The van der Waals surface area contributed by atoms with E-state index in [9.17, 15) is 9.59 Å². The standard InChI is InChI=1S/C31H37NO5Si/c1-31(2,3)38(5,6)37-26-19-32(20-26)29(33)25(18-22-14-16-24(17-15-22)30(34)35-4)21-36-28-13-9-11-23-10-7-8-12-27(23)28/h7-18,26H,19-21H2,1-6H3. The van der Waals surface area contributed by atoms with E-state index in [1.165, 1.54) is 7.11 Å². The molecule has 0 unspecified atom stereocenters. The fourth-order valence-corrected chi connectivity index (χ4v) is 5.49. The van der Waals surface area contributed by atoms with Crippen molar-refractivity contribution in [3.63, 3.8) is 0 Å². The van der Waals surface area contributed by atoms with E-state index in [1.807, 2.05) is 53.4 Å². The number of methoxy groups -OCH3 is 1. The van der Waals surface area contributed by atoms with Gasteiger partial charge in [-0.3, -0.25) is 4.79 Å². The van der Waals surface area contributed by atoms with Gasteiger partial charge < -0.3 is 18.8 Å². The van der Waals surface area contributed by atoms with Crippen LogP contribution >= 0.6 is 0 Å². The Hall–Kier alpha value is -3.42. The highest BCUT2D eigenvalue weighted by Crippen LogP contribution is 2.38. The van der Waals surface area contributed by atoms with E-state index < -0.39 is 14.3 Å². The largest absolute Gasteiger partial charge is 0.488 e. The Morgan fingerprint density at radius 2 is 1.63 bits per heavy atom. The summed E-state index contributed by atoms with van der Waals surface area (Å²) in [4.78, 5) is 27.2. The third kappa shape index (κ3) is 6.17. The number of ether oxygens (including phenoxy) is 2. The first-order chi connectivity index (χ1) is 18.0. The number of likely N-dealkylation sites (tertiary alicyclic amines) is 1. The molecule has 0 aromatic heterocycles. The molecule has 0 aliphatic carbocycles. The summed E-state index contributed by atoms with van der Waals surface area (Å²) in [7, 11) is -0.555. The first-order valence-corrected chi connectivity index (χ1v) is 15.9. The molecule has 1 saturated heterocycles. The van der Waals surface area contributed by atoms with Crippen LogP contribution in [0.1, 0.15) is 36.7 Å². The third-order valence-electron chi connectivity index (χ3n) is 7.48. The molecule has 0 spiro atoms. The summed E-state index contributed by atoms with van der Waals surface area (Å²) in [5.74, 6) is 0.257. The first-order valence-electron chi connectivity index (χ1n) is 12.9. The molecule has 0 radical (unpaired) electrons. The highest BCUT2D eigenvalue weighted by molar-refractivity contribution is 6.74. The van der Waals surface area contributed by atoms with E-state index in [0.29, 0.717) is 24.2 Å². The minimum absolute atomic E-state index is 0.0550. The number of esters is 1. The van der Waals surface area contributed by atoms with E-state index in [0.717, 1.165) is 22.1 Å². The van der Waals surface area contributed by atoms with E-state index in [-0.39, 0.29) is 23.7 Å². The van der Waals surface area contributed by atoms with E-state index in [1.54, 1.807) is 24.3 Å². The van der Waals surface area contributed by atoms with Gasteiger partial charge in [0.05, 0.1) is 24.4 Å². The Labute approximate surface area is 226 Å². The minimum Gasteiger partial charge on any atom is -0.488 e. The van der Waals surface area contributed by atoms with Crippen LogP contribution < -0.4 is 4.74 Å². The highest BCUT2D eigenvalue weighted by Gasteiger charge is 2.43. The third-order valence-corrected chi connectivity index (χ3v) is 12.0. The van der Waals surface area contributed by atoms with E-state index in [2.05, 4.69) is 33.9 Å². The van der Waals surface area contributed by atoms with Gasteiger partial charge in [-0.25, -0.2) is 4.79 Å². The van der Waals surface area contributed by atoms with Crippen molar-refractivity contribution < 1.29 is 23.5 Å². The van der Waals surface area contributed by atoms with Crippen LogP contribution in [0.25, 0.3) is 16.8 Å². The minimum atomic E-state index is -1.91. The van der Waals surface area contributed by atoms with Gasteiger partial charge in [0.2, 0.25) is 0 Å². The van der Waals surface area contributed by atoms with Gasteiger partial charge in [0.1, 0.15) is 12.4 Å². The fourth-order valence-electron chi connectivity index (χ4n) is 4.15. The number of hydrogen-bond acceptors (Lipinski definition) is 5. The average Bonchev–Trinajstić information content (AvgIpc) is 2.87. The van der Waals surface area contributed by atoms with Crippen LogP contribution in [-0.4, -0.2) is 58.0 Å². The predicted octanol–water partition coefficient (Wildman–Crippen LogP) is 6.32. The van der Waals surface area contributed by atoms with Gasteiger partial charge in [0.15, 0.2) is 8.32 Å². The van der Waals surface area contributed by atoms with Crippen molar-refractivity contribution in [2.75, 3.05) is 26.8 Å². The summed E-state index contributed by atoms with van der Waals surface area (Å²) in [5, 5.41) is 2.19. The van der Waals surface area contributed by atoms with Gasteiger partial charge in [-0.1, -0.05) is 69.3 Å². The molecule has 1 aliphatic heterocycles. The van der Waals surface area contributed by atoms with Crippen LogP contribution in [0.4, 0.5) is 0 Å². The lowest BCUT2D eigenvalue weighted by Gasteiger charge is -2.46. The molecule has 1 heterocycles. The van der Waals surface area contributed by atoms with Crippen molar-refractivity contribution in [3.05, 3.63) is 83.4 Å². The predicted molar refractivity (Wildman–Crippen MR) is 154 cm³/mol. The number of benzene rings is 3. The normalized spacial score (nSPS) is 14.8. The maximum Gasteiger partial charge on any atom is 0.337 e. The molecule has 0 atom stereocenters. The van der Waals surface area contributed by atoms with Crippen molar-refractivity contribution in [1.82, 2.24) is 4.90 Å². The van der Waals surface area contributed by atoms with Crippen molar-refractivity contribution in [2.45, 2.75) is 45.0 Å². The highest BCUT2D eigenvalue weighted by atomic mass is 28.4. The summed E-state index contributed by atoms with van der Waals surface area (Å²) >= 11 is 0. The topological polar surface area (TPSA) is 65.1 Å². The second-order valence-electron chi connectivity index (χ2n) is 11.3. The zero-order valence-electron chi connectivity index (χ0n) is 23.1. The molecule has 1 fully saturated rings. The molecule has 3 aromatic rings. The lowest BCUT2D eigenvalue weighted by Crippen LogP contribution is -2.59. The Morgan fingerprint density at radius 3 is 2.29 bits per heavy atom. The molecule has 0 N–H and O–H groups in total. The van der Waals surface area contributed by atoms with Crippen LogP contribution in [0.15, 0.2) is 72.3 Å². The monoisotopic (exact) mass is 531 g/mol. The summed E-state index contributed by atoms with van der Waals surface area (Å²) in [5.41, 5.74) is 1.80. The number of hydrogen-bond donors (Lipinski definition) is 0. The molecule has 1 amide bonds. The quantitative estimate of drug-likeness (QED) is 0.193. The van der Waals surface area contributed by atoms with Gasteiger partial charge in [-0.15, -0.1) is 0 Å². The molecular weight excluding hydrogens is 494 g/mol. The van der Waals surface area contributed by atoms with Crippen molar-refractivity contribution in [3.8, 4) is 5.75 Å². The maximum absolute atomic E-state index is 13.6. The Bertz CT molecular complexity index is 1330. The fraction of sp³-hybridized carbons (Fsp3) is 0.355. The number of carbonyl (C=O) groups is 2. The number of carbonyl (C=O) groups excluding carboxylic acids is 2. The van der Waals surface area contributed by atoms with Gasteiger partial charge in [0.25, 0.3) is 5.91 Å². The van der Waals surface area contributed by atoms with Gasteiger partial charge in [-0.2, -0.15) is 0 Å². The lowest BCUT2D eigenvalue weighted by atomic mass is 10.1. The van der Waals surface area contributed by atoms with Gasteiger partial charge in [-0.05, 0) is 53.4 Å². The van der Waals surface area contributed by atoms with Crippen LogP contribution in [0.3, 0.4) is 0 Å². The maximum atomic E-state index is 13.6. The molecule has 3 aromatic carbocycles. The van der Waals surface area contributed by atoms with Crippen LogP contribution in [0, 0.1) is 0 Å². The summed E-state index contributed by atoms with van der Waals surface area (Å²) in [6.07, 6.45) is 1.88.